The predicted octanol–water partition coefficient (Wildman–Crippen LogP) is 5.44. The van der Waals surface area contributed by atoms with Crippen LogP contribution in [-0.2, 0) is 6.54 Å². The van der Waals surface area contributed by atoms with Crippen LogP contribution < -0.4 is 0 Å². The average molecular weight is 361 g/mol. The molecule has 0 unspecified atom stereocenters. The highest BCUT2D eigenvalue weighted by Gasteiger charge is 2.20. The minimum absolute atomic E-state index is 1.17. The van der Waals surface area contributed by atoms with Crippen molar-refractivity contribution in [3.8, 4) is 0 Å². The third kappa shape index (κ3) is 10.3. The van der Waals surface area contributed by atoms with E-state index in [0.29, 0.717) is 0 Å². The molecule has 1 aromatic carbocycles. The molecule has 1 aromatic rings. The number of hydrogen-bond donors (Lipinski definition) is 0. The van der Waals surface area contributed by atoms with Gasteiger partial charge in [-0.2, -0.15) is 0 Å². The van der Waals surface area contributed by atoms with Crippen molar-refractivity contribution < 1.29 is 4.48 Å². The maximum absolute atomic E-state index is 4.99. The number of quaternary nitrogens is 1. The molecule has 19 heavy (non-hydrogen) atoms. The van der Waals surface area contributed by atoms with Gasteiger partial charge in [-0.25, -0.2) is 0 Å². The van der Waals surface area contributed by atoms with Crippen LogP contribution in [0.5, 0.6) is 0 Å². The minimum Gasteiger partial charge on any atom is -0.391 e. The van der Waals surface area contributed by atoms with E-state index in [2.05, 4.69) is 51.1 Å². The summed E-state index contributed by atoms with van der Waals surface area (Å²) in [7, 11) is 17.0. The highest BCUT2D eigenvalue weighted by atomic mass is 35.9. The molecule has 0 spiro atoms. The molecule has 0 heterocycles. The summed E-state index contributed by atoms with van der Waals surface area (Å²) >= 11 is 0. The number of benzene rings is 1. The molecular formula is C13H22AlCl4N. The predicted molar refractivity (Wildman–Crippen MR) is 91.2 cm³/mol. The van der Waals surface area contributed by atoms with Crippen LogP contribution in [0, 0.1) is 0 Å². The standard InChI is InChI=1S/C13H22N.Al.4ClH/c1-4-14(5-2,6-3)12-13-10-8-7-9-11-13;;;;;/h7-11H,4-6,12H2,1-3H3;;4*1H/q+1;+3;;;;/p-4. The monoisotopic (exact) mass is 359 g/mol. The van der Waals surface area contributed by atoms with Crippen LogP contribution in [0.3, 0.4) is 0 Å². The first-order valence-electron chi connectivity index (χ1n) is 6.52. The summed E-state index contributed by atoms with van der Waals surface area (Å²) in [6, 6.07) is 10.8. The van der Waals surface area contributed by atoms with Crippen molar-refractivity contribution in [2.24, 2.45) is 0 Å². The second kappa shape index (κ2) is 9.74. The van der Waals surface area contributed by atoms with Crippen molar-refractivity contribution in [2.75, 3.05) is 19.6 Å². The summed E-state index contributed by atoms with van der Waals surface area (Å²) in [5, 5.41) is 0. The van der Waals surface area contributed by atoms with Crippen LogP contribution >= 0.6 is 40.2 Å². The lowest BCUT2D eigenvalue weighted by Gasteiger charge is -2.35. The van der Waals surface area contributed by atoms with E-state index in [9.17, 15) is 0 Å². The van der Waals surface area contributed by atoms with Crippen LogP contribution in [0.1, 0.15) is 26.3 Å². The highest BCUT2D eigenvalue weighted by molar-refractivity contribution is 7.81. The zero-order valence-electron chi connectivity index (χ0n) is 11.8. The fourth-order valence-electron chi connectivity index (χ4n) is 1.98. The van der Waals surface area contributed by atoms with Crippen LogP contribution in [0.4, 0.5) is 0 Å². The van der Waals surface area contributed by atoms with Crippen molar-refractivity contribution in [1.82, 2.24) is 0 Å². The number of hydrogen-bond acceptors (Lipinski definition) is 0. The van der Waals surface area contributed by atoms with E-state index in [4.69, 9.17) is 40.2 Å². The molecule has 0 saturated carbocycles. The quantitative estimate of drug-likeness (QED) is 0.484. The molecule has 110 valence electrons. The highest BCUT2D eigenvalue weighted by Crippen LogP contribution is 2.23. The van der Waals surface area contributed by atoms with Gasteiger partial charge in [0.1, 0.15) is 6.54 Å². The van der Waals surface area contributed by atoms with Gasteiger partial charge in [0.05, 0.1) is 19.6 Å². The van der Waals surface area contributed by atoms with Gasteiger partial charge >= 0.3 is 9.39 Å². The molecule has 0 aliphatic heterocycles. The molecule has 0 atom stereocenters. The van der Waals surface area contributed by atoms with Crippen molar-refractivity contribution in [3.63, 3.8) is 0 Å². The third-order valence-electron chi connectivity index (χ3n) is 3.37. The fraction of sp³-hybridized carbons (Fsp3) is 0.538. The van der Waals surface area contributed by atoms with Crippen molar-refractivity contribution in [3.05, 3.63) is 35.9 Å². The van der Waals surface area contributed by atoms with Gasteiger partial charge in [-0.1, -0.05) is 30.3 Å². The number of rotatable bonds is 5. The summed E-state index contributed by atoms with van der Waals surface area (Å²) in [5.74, 6) is 0. The average Bonchev–Trinajstić information content (AvgIpc) is 2.35. The van der Waals surface area contributed by atoms with E-state index in [1.54, 1.807) is 0 Å². The van der Waals surface area contributed by atoms with Crippen molar-refractivity contribution in [2.45, 2.75) is 27.3 Å². The Labute approximate surface area is 136 Å². The molecule has 0 amide bonds. The molecule has 0 saturated heterocycles. The summed E-state index contributed by atoms with van der Waals surface area (Å²) in [5.41, 5.74) is 1.46. The minimum atomic E-state index is -2.94. The van der Waals surface area contributed by atoms with E-state index in [-0.39, 0.29) is 0 Å². The van der Waals surface area contributed by atoms with Crippen molar-refractivity contribution in [1.29, 1.82) is 0 Å². The molecule has 0 aliphatic carbocycles. The lowest BCUT2D eigenvalue weighted by molar-refractivity contribution is -0.936. The lowest BCUT2D eigenvalue weighted by atomic mass is 10.2. The van der Waals surface area contributed by atoms with E-state index in [1.165, 1.54) is 36.2 Å². The molecule has 0 bridgehead atoms. The lowest BCUT2D eigenvalue weighted by Crippen LogP contribution is -2.46. The third-order valence-corrected chi connectivity index (χ3v) is 3.37. The smallest absolute Gasteiger partial charge is 0.391 e. The maximum atomic E-state index is 4.99. The molecule has 0 aliphatic rings. The molecule has 6 heteroatoms. The Morgan fingerprint density at radius 3 is 1.53 bits per heavy atom. The Bertz CT molecular complexity index is 322. The van der Waals surface area contributed by atoms with Gasteiger partial charge in [0.25, 0.3) is 0 Å². The van der Waals surface area contributed by atoms with Crippen LogP contribution in [-0.4, -0.2) is 33.5 Å². The fourth-order valence-corrected chi connectivity index (χ4v) is 1.98. The molecular weight excluding hydrogens is 339 g/mol. The molecule has 0 aromatic heterocycles. The van der Waals surface area contributed by atoms with Crippen LogP contribution in [0.2, 0.25) is 0 Å². The molecule has 1 nitrogen and oxygen atoms in total. The number of halogens is 4. The van der Waals surface area contributed by atoms with E-state index < -0.39 is 9.39 Å². The zero-order valence-corrected chi connectivity index (χ0v) is 15.9. The van der Waals surface area contributed by atoms with Gasteiger partial charge in [-0.15, -0.1) is 0 Å². The van der Waals surface area contributed by atoms with Gasteiger partial charge in [-0.05, 0) is 20.8 Å². The molecule has 0 fully saturated rings. The van der Waals surface area contributed by atoms with Crippen LogP contribution in [0.25, 0.3) is 0 Å². The van der Waals surface area contributed by atoms with E-state index in [1.807, 2.05) is 0 Å². The second-order valence-corrected chi connectivity index (χ2v) is 17.3. The summed E-state index contributed by atoms with van der Waals surface area (Å²) < 4.78 is 1.20. The van der Waals surface area contributed by atoms with Crippen LogP contribution in [0.15, 0.2) is 30.3 Å². The Balaban J connectivity index is 0.000000555. The second-order valence-electron chi connectivity index (χ2n) is 4.43. The Morgan fingerprint density at radius 2 is 1.21 bits per heavy atom. The first-order chi connectivity index (χ1) is 8.76. The molecule has 1 rings (SSSR count). The van der Waals surface area contributed by atoms with E-state index >= 15 is 0 Å². The Hall–Kier alpha value is 0.872. The van der Waals surface area contributed by atoms with E-state index in [0.717, 1.165) is 0 Å². The van der Waals surface area contributed by atoms with Gasteiger partial charge in [0.2, 0.25) is 0 Å². The van der Waals surface area contributed by atoms with Crippen molar-refractivity contribution >= 4 is 49.6 Å². The molecule has 0 N–H and O–H groups in total. The largest absolute Gasteiger partial charge is 0.564 e. The van der Waals surface area contributed by atoms with Gasteiger partial charge in [-0.3, -0.25) is 0 Å². The normalized spacial score (nSPS) is 11.7. The topological polar surface area (TPSA) is 0 Å². The number of nitrogens with zero attached hydrogens (tertiary/aromatic N) is 1. The van der Waals surface area contributed by atoms with Gasteiger partial charge in [0, 0.05) is 5.56 Å². The maximum Gasteiger partial charge on any atom is 0.564 e. The first-order valence-corrected chi connectivity index (χ1v) is 13.5. The SMILES string of the molecule is CC[N+](CC)(CC)Cc1ccccc1.[Cl][Al-]([Cl])([Cl])[Cl]. The summed E-state index contributed by atoms with van der Waals surface area (Å²) in [4.78, 5) is 0. The van der Waals surface area contributed by atoms with Gasteiger partial charge in [0.15, 0.2) is 0 Å². The Morgan fingerprint density at radius 1 is 0.842 bits per heavy atom. The first kappa shape index (κ1) is 19.9. The molecule has 0 radical (unpaired) electrons. The zero-order chi connectivity index (χ0) is 14.9. The summed E-state index contributed by atoms with van der Waals surface area (Å²) in [6.45, 7) is 11.7. The Kier molecular flexibility index (Phi) is 10.2. The summed E-state index contributed by atoms with van der Waals surface area (Å²) in [6.07, 6.45) is 0. The van der Waals surface area contributed by atoms with Gasteiger partial charge < -0.3 is 44.7 Å².